The smallest absolute Gasteiger partial charge is 0.452 e. The van der Waals surface area contributed by atoms with Gasteiger partial charge in [-0.2, -0.15) is 0 Å². The first-order valence-electron chi connectivity index (χ1n) is 4.96. The van der Waals surface area contributed by atoms with Gasteiger partial charge in [0.15, 0.2) is 5.22 Å². The van der Waals surface area contributed by atoms with Gasteiger partial charge in [-0.05, 0) is 13.3 Å². The minimum absolute atomic E-state index is 0.521. The fraction of sp³-hybridized carbons (Fsp3) is 0.700. The van der Waals surface area contributed by atoms with Gasteiger partial charge in [0.25, 0.3) is 0 Å². The average molecular weight is 248 g/mol. The summed E-state index contributed by atoms with van der Waals surface area (Å²) in [7, 11) is 1.40. The second-order valence-corrected chi connectivity index (χ2v) is 6.77. The first-order valence-corrected chi connectivity index (χ1v) is 6.68. The van der Waals surface area contributed by atoms with Crippen LogP contribution in [0.25, 0.3) is 0 Å². The molecule has 0 fully saturated rings. The van der Waals surface area contributed by atoms with E-state index >= 15 is 0 Å². The zero-order valence-electron chi connectivity index (χ0n) is 10.5. The molecule has 0 bridgehead atoms. The highest BCUT2D eigenvalue weighted by Crippen LogP contribution is 2.30. The van der Waals surface area contributed by atoms with Crippen molar-refractivity contribution in [1.29, 1.82) is 0 Å². The van der Waals surface area contributed by atoms with Crippen molar-refractivity contribution in [3.63, 3.8) is 0 Å². The largest absolute Gasteiger partial charge is 0.546 e. The van der Waals surface area contributed by atoms with E-state index in [-0.39, 0.29) is 0 Å². The third-order valence-electron chi connectivity index (χ3n) is 2.62. The summed E-state index contributed by atoms with van der Waals surface area (Å²) in [6.45, 7) is 6.96. The number of carbonyl (C=O) groups excluding carboxylic acids is 1. The van der Waals surface area contributed by atoms with Gasteiger partial charge in [-0.3, -0.25) is 0 Å². The lowest BCUT2D eigenvalue weighted by atomic mass is 10.3. The summed E-state index contributed by atoms with van der Waals surface area (Å²) in [5, 5.41) is -0.920. The quantitative estimate of drug-likeness (QED) is 0.386. The van der Waals surface area contributed by atoms with E-state index in [1.165, 1.54) is 21.3 Å². The monoisotopic (exact) mass is 248 g/mol. The van der Waals surface area contributed by atoms with Crippen LogP contribution in [0.4, 0.5) is 0 Å². The Balaban J connectivity index is 5.16. The van der Waals surface area contributed by atoms with Crippen molar-refractivity contribution in [2.45, 2.75) is 25.5 Å². The van der Waals surface area contributed by atoms with Gasteiger partial charge in [0.1, 0.15) is 0 Å². The lowest BCUT2D eigenvalue weighted by Crippen LogP contribution is -2.63. The van der Waals surface area contributed by atoms with Crippen molar-refractivity contribution in [2.24, 2.45) is 0 Å². The van der Waals surface area contributed by atoms with Gasteiger partial charge in [-0.1, -0.05) is 13.5 Å². The summed E-state index contributed by atoms with van der Waals surface area (Å²) in [5.74, 6) is -0.521. The summed E-state index contributed by atoms with van der Waals surface area (Å²) < 4.78 is 21.3. The first kappa shape index (κ1) is 15.3. The standard InChI is InChI=1S/C10H20O5Si/c1-7-9(11)15-10(3,8-2)16(12-4,13-5)14-6/h7H,1,8H2,2-6H3. The molecule has 0 saturated carbocycles. The van der Waals surface area contributed by atoms with Crippen molar-refractivity contribution in [2.75, 3.05) is 21.3 Å². The first-order chi connectivity index (χ1) is 7.45. The SMILES string of the molecule is C=CC(=O)OC(C)(CC)[Si](OC)(OC)OC. The second-order valence-electron chi connectivity index (χ2n) is 3.38. The Bertz CT molecular complexity index is 243. The van der Waals surface area contributed by atoms with E-state index < -0.39 is 20.0 Å². The fourth-order valence-corrected chi connectivity index (χ4v) is 3.97. The van der Waals surface area contributed by atoms with Gasteiger partial charge in [0, 0.05) is 27.4 Å². The Morgan fingerprint density at radius 1 is 1.31 bits per heavy atom. The van der Waals surface area contributed by atoms with E-state index in [0.717, 1.165) is 6.08 Å². The molecular formula is C10H20O5Si. The minimum Gasteiger partial charge on any atom is -0.452 e. The molecule has 1 atom stereocenters. The normalized spacial score (nSPS) is 15.3. The molecule has 0 aromatic rings. The van der Waals surface area contributed by atoms with E-state index in [2.05, 4.69) is 6.58 Å². The molecular weight excluding hydrogens is 228 g/mol. The molecule has 0 aromatic heterocycles. The number of ether oxygens (including phenoxy) is 1. The molecule has 0 spiro atoms. The fourth-order valence-electron chi connectivity index (χ4n) is 1.51. The van der Waals surface area contributed by atoms with Crippen molar-refractivity contribution >= 4 is 14.8 Å². The van der Waals surface area contributed by atoms with Gasteiger partial charge in [-0.25, -0.2) is 4.79 Å². The number of hydrogen-bond acceptors (Lipinski definition) is 5. The second kappa shape index (κ2) is 6.14. The molecule has 6 heteroatoms. The summed E-state index contributed by atoms with van der Waals surface area (Å²) in [5.41, 5.74) is 0. The molecule has 0 aliphatic carbocycles. The molecule has 0 saturated heterocycles. The number of esters is 1. The van der Waals surface area contributed by atoms with E-state index in [0.29, 0.717) is 6.42 Å². The predicted octanol–water partition coefficient (Wildman–Crippen LogP) is 1.30. The van der Waals surface area contributed by atoms with Gasteiger partial charge in [-0.15, -0.1) is 0 Å². The van der Waals surface area contributed by atoms with Crippen LogP contribution in [0.3, 0.4) is 0 Å². The Labute approximate surface area is 97.7 Å². The Morgan fingerprint density at radius 2 is 1.75 bits per heavy atom. The third kappa shape index (κ3) is 2.70. The maximum absolute atomic E-state index is 11.3. The number of rotatable bonds is 7. The molecule has 0 rings (SSSR count). The lowest BCUT2D eigenvalue weighted by molar-refractivity contribution is -0.151. The minimum atomic E-state index is -3.04. The van der Waals surface area contributed by atoms with Crippen LogP contribution in [-0.2, 0) is 22.8 Å². The molecule has 0 N–H and O–H groups in total. The van der Waals surface area contributed by atoms with Crippen LogP contribution in [0, 0.1) is 0 Å². The Hall–Kier alpha value is -0.693. The maximum atomic E-state index is 11.3. The highest BCUT2D eigenvalue weighted by atomic mass is 28.4. The van der Waals surface area contributed by atoms with Crippen LogP contribution in [-0.4, -0.2) is 41.3 Å². The topological polar surface area (TPSA) is 54.0 Å². The molecule has 0 aliphatic rings. The molecule has 0 amide bonds. The van der Waals surface area contributed by atoms with Crippen molar-refractivity contribution in [3.05, 3.63) is 12.7 Å². The van der Waals surface area contributed by atoms with Crippen LogP contribution >= 0.6 is 0 Å². The van der Waals surface area contributed by atoms with Gasteiger partial charge < -0.3 is 18.0 Å². The number of hydrogen-bond donors (Lipinski definition) is 0. The highest BCUT2D eigenvalue weighted by Gasteiger charge is 2.59. The van der Waals surface area contributed by atoms with E-state index in [1.807, 2.05) is 6.92 Å². The van der Waals surface area contributed by atoms with Crippen molar-refractivity contribution in [1.82, 2.24) is 0 Å². The van der Waals surface area contributed by atoms with Crippen molar-refractivity contribution in [3.8, 4) is 0 Å². The third-order valence-corrected chi connectivity index (χ3v) is 5.98. The average Bonchev–Trinajstić information content (AvgIpc) is 2.31. The molecule has 0 radical (unpaired) electrons. The lowest BCUT2D eigenvalue weighted by Gasteiger charge is -2.39. The summed E-state index contributed by atoms with van der Waals surface area (Å²) in [6, 6.07) is 0. The molecule has 16 heavy (non-hydrogen) atoms. The van der Waals surface area contributed by atoms with E-state index in [9.17, 15) is 4.79 Å². The molecule has 0 aliphatic heterocycles. The zero-order valence-corrected chi connectivity index (χ0v) is 11.5. The number of carbonyl (C=O) groups is 1. The molecule has 0 heterocycles. The van der Waals surface area contributed by atoms with Crippen LogP contribution in [0.2, 0.25) is 0 Å². The van der Waals surface area contributed by atoms with Gasteiger partial charge >= 0.3 is 14.8 Å². The van der Waals surface area contributed by atoms with E-state index in [1.54, 1.807) is 6.92 Å². The molecule has 1 unspecified atom stereocenters. The van der Waals surface area contributed by atoms with Gasteiger partial charge in [0.2, 0.25) is 0 Å². The van der Waals surface area contributed by atoms with Crippen LogP contribution < -0.4 is 0 Å². The van der Waals surface area contributed by atoms with Crippen LogP contribution in [0.5, 0.6) is 0 Å². The summed E-state index contributed by atoms with van der Waals surface area (Å²) >= 11 is 0. The Morgan fingerprint density at radius 3 is 2.00 bits per heavy atom. The zero-order chi connectivity index (χ0) is 12.8. The van der Waals surface area contributed by atoms with Crippen LogP contribution in [0.15, 0.2) is 12.7 Å². The summed E-state index contributed by atoms with van der Waals surface area (Å²) in [6.07, 6.45) is 1.63. The Kier molecular flexibility index (Phi) is 5.88. The summed E-state index contributed by atoms with van der Waals surface area (Å²) in [4.78, 5) is 11.3. The maximum Gasteiger partial charge on any atom is 0.546 e. The predicted molar refractivity (Wildman–Crippen MR) is 61.8 cm³/mol. The molecule has 5 nitrogen and oxygen atoms in total. The van der Waals surface area contributed by atoms with Crippen molar-refractivity contribution < 1.29 is 22.8 Å². The molecule has 0 aromatic carbocycles. The van der Waals surface area contributed by atoms with E-state index in [4.69, 9.17) is 18.0 Å². The van der Waals surface area contributed by atoms with Gasteiger partial charge in [0.05, 0.1) is 0 Å². The van der Waals surface area contributed by atoms with Crippen LogP contribution in [0.1, 0.15) is 20.3 Å². The highest BCUT2D eigenvalue weighted by molar-refractivity contribution is 6.64. The molecule has 94 valence electrons.